The van der Waals surface area contributed by atoms with Gasteiger partial charge in [0.05, 0.1) is 0 Å². The van der Waals surface area contributed by atoms with Gasteiger partial charge in [0.25, 0.3) is 0 Å². The molecule has 0 saturated carbocycles. The molecule has 112 valence electrons. The van der Waals surface area contributed by atoms with Crippen LogP contribution in [0.25, 0.3) is 0 Å². The van der Waals surface area contributed by atoms with Crippen LogP contribution in [0.1, 0.15) is 96.5 Å². The summed E-state index contributed by atoms with van der Waals surface area (Å²) in [6.45, 7) is 0. The zero-order valence-electron chi connectivity index (χ0n) is 0. The van der Waals surface area contributed by atoms with Crippen LogP contribution in [-0.4, -0.2) is 11.0 Å². The maximum absolute atomic E-state index is 0. The van der Waals surface area contributed by atoms with Gasteiger partial charge in [-0.3, -0.25) is 0 Å². The van der Waals surface area contributed by atoms with Crippen molar-refractivity contribution in [2.24, 2.45) is 0 Å². The van der Waals surface area contributed by atoms with Gasteiger partial charge in [0, 0.05) is 0 Å². The lowest BCUT2D eigenvalue weighted by atomic mass is 12.0. The fourth-order valence-corrected chi connectivity index (χ4v) is 0. The monoisotopic (exact) mass is 240 g/mol. The van der Waals surface area contributed by atoms with Crippen LogP contribution in [0, 0.1) is 0 Å². The normalized spacial score (nSPS) is 0. The summed E-state index contributed by atoms with van der Waals surface area (Å²) in [7, 11) is 0. The highest BCUT2D eigenvalue weighted by atomic mass is 28.1. The second-order valence-electron chi connectivity index (χ2n) is 0. The molecule has 0 saturated heterocycles. The molecule has 0 aliphatic carbocycles. The SMILES string of the molecule is C.C.C.C.C.C.C.C.C.C.C.C.C.[SiH4]. The van der Waals surface area contributed by atoms with Crippen molar-refractivity contribution in [1.82, 2.24) is 0 Å². The molecule has 0 rings (SSSR count). The van der Waals surface area contributed by atoms with Gasteiger partial charge in [0.2, 0.25) is 0 Å². The van der Waals surface area contributed by atoms with E-state index in [2.05, 4.69) is 0 Å². The smallest absolute Gasteiger partial charge is 0.0149 e. The van der Waals surface area contributed by atoms with Gasteiger partial charge in [-0.05, 0) is 11.0 Å². The Morgan fingerprint density at radius 2 is 0.143 bits per heavy atom. The van der Waals surface area contributed by atoms with E-state index in [-0.39, 0.29) is 108 Å². The summed E-state index contributed by atoms with van der Waals surface area (Å²) in [6.07, 6.45) is 0. The molecule has 0 heterocycles. The molecule has 0 aromatic heterocycles. The molecule has 0 bridgehead atoms. The summed E-state index contributed by atoms with van der Waals surface area (Å²) in [4.78, 5) is 0. The highest BCUT2D eigenvalue weighted by molar-refractivity contribution is 5.75. The van der Waals surface area contributed by atoms with Crippen molar-refractivity contribution in [1.29, 1.82) is 0 Å². The average molecular weight is 241 g/mol. The van der Waals surface area contributed by atoms with Gasteiger partial charge in [-0.25, -0.2) is 0 Å². The van der Waals surface area contributed by atoms with Crippen molar-refractivity contribution >= 4 is 11.0 Å². The Morgan fingerprint density at radius 3 is 0.143 bits per heavy atom. The zero-order valence-corrected chi connectivity index (χ0v) is 0. The zero-order chi connectivity index (χ0) is 0. The lowest BCUT2D eigenvalue weighted by molar-refractivity contribution is 2.50. The summed E-state index contributed by atoms with van der Waals surface area (Å²) in [5.74, 6) is 0. The molecule has 0 aromatic rings. The van der Waals surface area contributed by atoms with E-state index in [0.717, 1.165) is 0 Å². The number of rotatable bonds is 0. The van der Waals surface area contributed by atoms with E-state index in [0.29, 0.717) is 0 Å². The van der Waals surface area contributed by atoms with Crippen molar-refractivity contribution in [2.75, 3.05) is 0 Å². The topological polar surface area (TPSA) is 0 Å². The van der Waals surface area contributed by atoms with Crippen LogP contribution in [0.3, 0.4) is 0 Å². The highest BCUT2D eigenvalue weighted by Gasteiger charge is -0.0146. The molecule has 0 radical (unpaired) electrons. The molecule has 0 aliphatic rings. The molecule has 0 nitrogen and oxygen atoms in total. The maximum Gasteiger partial charge on any atom is -0.0149 e. The quantitative estimate of drug-likeness (QED) is 0.408. The molecule has 0 N–H and O–H groups in total. The third-order valence-electron chi connectivity index (χ3n) is 0. The largest absolute Gasteiger partial charge is 0.0776 e. The Balaban J connectivity index is 0. The summed E-state index contributed by atoms with van der Waals surface area (Å²) >= 11 is 0. The van der Waals surface area contributed by atoms with Crippen molar-refractivity contribution in [3.8, 4) is 0 Å². The second-order valence-corrected chi connectivity index (χ2v) is 0. The van der Waals surface area contributed by atoms with Gasteiger partial charge < -0.3 is 0 Å². The van der Waals surface area contributed by atoms with Gasteiger partial charge in [-0.15, -0.1) is 0 Å². The first-order chi connectivity index (χ1) is 0. The van der Waals surface area contributed by atoms with E-state index in [1.807, 2.05) is 0 Å². The first-order valence-corrected chi connectivity index (χ1v) is 0. The molecule has 0 spiro atoms. The van der Waals surface area contributed by atoms with Gasteiger partial charge in [0.15, 0.2) is 0 Å². The molecular formula is C13H56Si. The maximum atomic E-state index is 0. The number of hydrogen-bond donors (Lipinski definition) is 0. The van der Waals surface area contributed by atoms with Crippen LogP contribution in [0.5, 0.6) is 0 Å². The van der Waals surface area contributed by atoms with Crippen molar-refractivity contribution < 1.29 is 0 Å². The molecule has 0 unspecified atom stereocenters. The molecule has 14 heavy (non-hydrogen) atoms. The Hall–Kier alpha value is 0.217. The minimum Gasteiger partial charge on any atom is -0.0776 e. The molecular weight excluding hydrogens is 184 g/mol. The van der Waals surface area contributed by atoms with E-state index in [1.165, 1.54) is 0 Å². The number of hydrogen-bond acceptors (Lipinski definition) is 0. The summed E-state index contributed by atoms with van der Waals surface area (Å²) in [6, 6.07) is 0. The van der Waals surface area contributed by atoms with Crippen molar-refractivity contribution in [3.05, 3.63) is 0 Å². The molecule has 0 atom stereocenters. The second kappa shape index (κ2) is 41900. The van der Waals surface area contributed by atoms with Crippen LogP contribution < -0.4 is 0 Å². The predicted octanol–water partition coefficient (Wildman–Crippen LogP) is 6.82. The van der Waals surface area contributed by atoms with Crippen molar-refractivity contribution in [3.63, 3.8) is 0 Å². The first kappa shape index (κ1) is 52800. The molecule has 0 fully saturated rings. The van der Waals surface area contributed by atoms with E-state index < -0.39 is 0 Å². The average Bonchev–Trinajstić information content (AvgIpc) is 0. The minimum atomic E-state index is 0. The Morgan fingerprint density at radius 1 is 0.143 bits per heavy atom. The van der Waals surface area contributed by atoms with Crippen LogP contribution >= 0.6 is 0 Å². The summed E-state index contributed by atoms with van der Waals surface area (Å²) in [5, 5.41) is 0. The fraction of sp³-hybridized carbons (Fsp3) is 1.00. The van der Waals surface area contributed by atoms with Crippen LogP contribution in [0.2, 0.25) is 0 Å². The standard InChI is InChI=1S/13CH4.H4Si/h14*1H4. The minimum absolute atomic E-state index is 0. The molecule has 0 aliphatic heterocycles. The van der Waals surface area contributed by atoms with Crippen LogP contribution in [0.4, 0.5) is 0 Å². The Bertz CT molecular complexity index is 5.20. The van der Waals surface area contributed by atoms with E-state index in [9.17, 15) is 0 Å². The van der Waals surface area contributed by atoms with Gasteiger partial charge in [0.1, 0.15) is 0 Å². The predicted molar refractivity (Wildman–Crippen MR) is 98.8 cm³/mol. The third-order valence-corrected chi connectivity index (χ3v) is 0. The lowest BCUT2D eigenvalue weighted by Gasteiger charge is -0.0786. The summed E-state index contributed by atoms with van der Waals surface area (Å²) < 4.78 is 0. The lowest BCUT2D eigenvalue weighted by Crippen LogP contribution is -0.381. The van der Waals surface area contributed by atoms with Gasteiger partial charge >= 0.3 is 0 Å². The van der Waals surface area contributed by atoms with E-state index in [4.69, 9.17) is 0 Å². The van der Waals surface area contributed by atoms with Gasteiger partial charge in [-0.2, -0.15) is 0 Å². The Labute approximate surface area is 108 Å². The van der Waals surface area contributed by atoms with Crippen LogP contribution in [-0.2, 0) is 0 Å². The molecule has 0 aromatic carbocycles. The van der Waals surface area contributed by atoms with Crippen molar-refractivity contribution in [2.45, 2.75) is 96.5 Å². The van der Waals surface area contributed by atoms with E-state index >= 15 is 0 Å². The summed E-state index contributed by atoms with van der Waals surface area (Å²) in [5.41, 5.74) is 0. The van der Waals surface area contributed by atoms with Gasteiger partial charge in [-0.1, -0.05) is 96.5 Å². The molecule has 1 heteroatoms. The Kier molecular flexibility index (Phi) is 158000000. The first-order valence-electron chi connectivity index (χ1n) is 0. The van der Waals surface area contributed by atoms with E-state index in [1.54, 1.807) is 0 Å². The third kappa shape index (κ3) is 32700. The highest BCUT2D eigenvalue weighted by Crippen LogP contribution is 0.156. The van der Waals surface area contributed by atoms with Crippen LogP contribution in [0.15, 0.2) is 0 Å². The fourth-order valence-electron chi connectivity index (χ4n) is 0. The molecule has 0 amide bonds.